The van der Waals surface area contributed by atoms with Crippen LogP contribution in [0.5, 0.6) is 23.0 Å². The fraction of sp³-hybridized carbons (Fsp3) is 0.647. The summed E-state index contributed by atoms with van der Waals surface area (Å²) in [7, 11) is -2.80. The molecule has 0 saturated carbocycles. The Balaban J connectivity index is 2.52. The van der Waals surface area contributed by atoms with E-state index in [4.69, 9.17) is 18.9 Å². The predicted molar refractivity (Wildman–Crippen MR) is 169 cm³/mol. The Bertz CT molecular complexity index is 889. The van der Waals surface area contributed by atoms with Crippen LogP contribution in [0.15, 0.2) is 36.4 Å². The molecule has 0 aliphatic rings. The van der Waals surface area contributed by atoms with E-state index in [0.717, 1.165) is 85.5 Å². The monoisotopic (exact) mass is 574 g/mol. The molecular formula is C34H55O5P. The maximum absolute atomic E-state index is 15.1. The van der Waals surface area contributed by atoms with Crippen molar-refractivity contribution in [1.29, 1.82) is 0 Å². The highest BCUT2D eigenvalue weighted by Crippen LogP contribution is 2.58. The summed E-state index contributed by atoms with van der Waals surface area (Å²) in [6.45, 7) is 15.5. The Labute approximate surface area is 244 Å². The molecule has 0 unspecified atom stereocenters. The molecule has 2 aromatic carbocycles. The first-order valence-electron chi connectivity index (χ1n) is 15.7. The minimum absolute atomic E-state index is 0.279. The fourth-order valence-corrected chi connectivity index (χ4v) is 8.15. The molecule has 226 valence electrons. The van der Waals surface area contributed by atoms with Gasteiger partial charge in [-0.3, -0.25) is 0 Å². The van der Waals surface area contributed by atoms with Crippen molar-refractivity contribution in [3.63, 3.8) is 0 Å². The van der Waals surface area contributed by atoms with Gasteiger partial charge in [0.2, 0.25) is 0 Å². The van der Waals surface area contributed by atoms with E-state index in [1.54, 1.807) is 0 Å². The van der Waals surface area contributed by atoms with Crippen LogP contribution in [-0.2, 0) is 16.9 Å². The third-order valence-corrected chi connectivity index (χ3v) is 9.97. The van der Waals surface area contributed by atoms with Crippen molar-refractivity contribution in [3.05, 3.63) is 47.5 Å². The summed E-state index contributed by atoms with van der Waals surface area (Å²) in [5, 5.41) is 0. The number of hydrogen-bond donors (Lipinski definition) is 0. The zero-order valence-electron chi connectivity index (χ0n) is 26.1. The van der Waals surface area contributed by atoms with Crippen LogP contribution in [0, 0.1) is 5.92 Å². The van der Waals surface area contributed by atoms with Gasteiger partial charge in [-0.25, -0.2) is 0 Å². The molecule has 0 spiro atoms. The Hall–Kier alpha value is -2.13. The lowest BCUT2D eigenvalue weighted by molar-refractivity contribution is 0.289. The van der Waals surface area contributed by atoms with Crippen LogP contribution in [0.2, 0.25) is 0 Å². The molecule has 6 heteroatoms. The van der Waals surface area contributed by atoms with Gasteiger partial charge >= 0.3 is 0 Å². The van der Waals surface area contributed by atoms with Crippen LogP contribution in [0.4, 0.5) is 0 Å². The number of benzene rings is 2. The van der Waals surface area contributed by atoms with Gasteiger partial charge < -0.3 is 23.5 Å². The summed E-state index contributed by atoms with van der Waals surface area (Å²) in [5.74, 6) is 3.44. The molecule has 5 nitrogen and oxygen atoms in total. The Kier molecular flexibility index (Phi) is 16.2. The highest BCUT2D eigenvalue weighted by Gasteiger charge is 2.31. The molecule has 0 bridgehead atoms. The second kappa shape index (κ2) is 19.1. The molecule has 0 radical (unpaired) electrons. The maximum atomic E-state index is 15.1. The molecule has 0 saturated heterocycles. The lowest BCUT2D eigenvalue weighted by Gasteiger charge is -2.26. The van der Waals surface area contributed by atoms with Gasteiger partial charge in [-0.1, -0.05) is 79.4 Å². The second-order valence-corrected chi connectivity index (χ2v) is 14.3. The van der Waals surface area contributed by atoms with Crippen molar-refractivity contribution < 1.29 is 23.5 Å². The largest absolute Gasteiger partial charge is 0.493 e. The summed E-state index contributed by atoms with van der Waals surface area (Å²) in [6.07, 6.45) is 9.62. The third-order valence-electron chi connectivity index (χ3n) is 6.79. The van der Waals surface area contributed by atoms with Crippen LogP contribution in [0.3, 0.4) is 0 Å². The average Bonchev–Trinajstić information content (AvgIpc) is 2.91. The zero-order chi connectivity index (χ0) is 29.2. The van der Waals surface area contributed by atoms with Gasteiger partial charge in [0.15, 0.2) is 0 Å². The Morgan fingerprint density at radius 2 is 0.875 bits per heavy atom. The summed E-state index contributed by atoms with van der Waals surface area (Å²) < 4.78 is 40.1. The Morgan fingerprint density at radius 3 is 1.12 bits per heavy atom. The molecule has 0 amide bonds. The first-order valence-corrected chi connectivity index (χ1v) is 18.0. The summed E-state index contributed by atoms with van der Waals surface area (Å²) >= 11 is 0. The van der Waals surface area contributed by atoms with Gasteiger partial charge in [-0.05, 0) is 55.9 Å². The summed E-state index contributed by atoms with van der Waals surface area (Å²) in [6, 6.07) is 12.0. The standard InChI is InChI=1S/C34H55O5P/c1-7-11-21-36-31-17-15-18-32(37-22-12-8-2)29(31)26-40(35,25-28(5)6)27-30-33(38-23-13-9-3)19-16-20-34(30)39-24-14-10-4/h15-20,28H,7-14,21-27H2,1-6H3. The quantitative estimate of drug-likeness (QED) is 0.103. The second-order valence-electron chi connectivity index (χ2n) is 11.2. The van der Waals surface area contributed by atoms with Crippen molar-refractivity contribution in [2.24, 2.45) is 5.92 Å². The van der Waals surface area contributed by atoms with Crippen molar-refractivity contribution >= 4 is 7.14 Å². The molecule has 0 aromatic heterocycles. The molecule has 0 fully saturated rings. The smallest absolute Gasteiger partial charge is 0.126 e. The highest BCUT2D eigenvalue weighted by molar-refractivity contribution is 7.62. The molecule has 40 heavy (non-hydrogen) atoms. The minimum atomic E-state index is -2.80. The van der Waals surface area contributed by atoms with Gasteiger partial charge in [0.25, 0.3) is 0 Å². The number of unbranched alkanes of at least 4 members (excludes halogenated alkanes) is 4. The normalized spacial score (nSPS) is 11.6. The predicted octanol–water partition coefficient (Wildman–Crippen LogP) is 10.1. The topological polar surface area (TPSA) is 54.0 Å². The van der Waals surface area contributed by atoms with Crippen molar-refractivity contribution in [2.75, 3.05) is 32.6 Å². The third kappa shape index (κ3) is 11.8. The molecule has 0 atom stereocenters. The molecule has 2 aromatic rings. The molecule has 2 rings (SSSR count). The lowest BCUT2D eigenvalue weighted by atomic mass is 10.2. The van der Waals surface area contributed by atoms with E-state index >= 15 is 4.57 Å². The molecule has 0 heterocycles. The summed E-state index contributed by atoms with van der Waals surface area (Å²) in [5.41, 5.74) is 1.85. The number of hydrogen-bond acceptors (Lipinski definition) is 5. The summed E-state index contributed by atoms with van der Waals surface area (Å²) in [4.78, 5) is 0. The first-order chi connectivity index (χ1) is 19.4. The van der Waals surface area contributed by atoms with E-state index in [-0.39, 0.29) is 5.92 Å². The molecular weight excluding hydrogens is 519 g/mol. The van der Waals surface area contributed by atoms with Crippen molar-refractivity contribution in [2.45, 2.75) is 105 Å². The van der Waals surface area contributed by atoms with Crippen molar-refractivity contribution in [1.82, 2.24) is 0 Å². The van der Waals surface area contributed by atoms with E-state index in [0.29, 0.717) is 44.9 Å². The average molecular weight is 575 g/mol. The van der Waals surface area contributed by atoms with E-state index in [9.17, 15) is 0 Å². The van der Waals surface area contributed by atoms with Crippen LogP contribution in [0.25, 0.3) is 0 Å². The van der Waals surface area contributed by atoms with E-state index in [1.165, 1.54) is 0 Å². The molecule has 0 aliphatic carbocycles. The van der Waals surface area contributed by atoms with Crippen LogP contribution >= 0.6 is 7.14 Å². The van der Waals surface area contributed by atoms with Crippen LogP contribution in [0.1, 0.15) is 104 Å². The Morgan fingerprint density at radius 1 is 0.575 bits per heavy atom. The van der Waals surface area contributed by atoms with Crippen molar-refractivity contribution in [3.8, 4) is 23.0 Å². The van der Waals surface area contributed by atoms with Gasteiger partial charge in [-0.15, -0.1) is 0 Å². The van der Waals surface area contributed by atoms with E-state index in [2.05, 4.69) is 41.5 Å². The lowest BCUT2D eigenvalue weighted by Crippen LogP contribution is -2.10. The zero-order valence-corrected chi connectivity index (χ0v) is 27.0. The van der Waals surface area contributed by atoms with Gasteiger partial charge in [0.05, 0.1) is 33.6 Å². The van der Waals surface area contributed by atoms with Gasteiger partial charge in [-0.2, -0.15) is 0 Å². The van der Waals surface area contributed by atoms with Gasteiger partial charge in [0, 0.05) is 29.6 Å². The maximum Gasteiger partial charge on any atom is 0.126 e. The number of ether oxygens (including phenoxy) is 4. The highest BCUT2D eigenvalue weighted by atomic mass is 31.2. The van der Waals surface area contributed by atoms with E-state index in [1.807, 2.05) is 36.4 Å². The fourth-order valence-electron chi connectivity index (χ4n) is 4.68. The number of rotatable bonds is 22. The first kappa shape index (κ1) is 34.1. The van der Waals surface area contributed by atoms with Crippen LogP contribution in [-0.4, -0.2) is 32.6 Å². The SMILES string of the molecule is CCCCOc1cccc(OCCCC)c1CP(=O)(Cc1c(OCCCC)cccc1OCCCC)CC(C)C. The molecule has 0 N–H and O–H groups in total. The van der Waals surface area contributed by atoms with Crippen LogP contribution < -0.4 is 18.9 Å². The minimum Gasteiger partial charge on any atom is -0.493 e. The van der Waals surface area contributed by atoms with E-state index < -0.39 is 7.14 Å². The molecule has 0 aliphatic heterocycles. The van der Waals surface area contributed by atoms with Gasteiger partial charge in [0.1, 0.15) is 23.0 Å².